The van der Waals surface area contributed by atoms with Crippen molar-refractivity contribution in [3.63, 3.8) is 0 Å². The summed E-state index contributed by atoms with van der Waals surface area (Å²) < 4.78 is 10.9. The molecule has 0 saturated heterocycles. The van der Waals surface area contributed by atoms with Gasteiger partial charge >= 0.3 is 12.1 Å². The fourth-order valence-corrected chi connectivity index (χ4v) is 2.78. The van der Waals surface area contributed by atoms with Crippen molar-refractivity contribution in [3.05, 3.63) is 77.9 Å². The number of unbranched alkanes of at least 4 members (excludes halogenated alkanes) is 1. The number of amides is 2. The van der Waals surface area contributed by atoms with Crippen molar-refractivity contribution in [3.8, 4) is 5.75 Å². The van der Waals surface area contributed by atoms with Gasteiger partial charge in [0.25, 0.3) is 5.91 Å². The highest BCUT2D eigenvalue weighted by Gasteiger charge is 2.19. The third-order valence-electron chi connectivity index (χ3n) is 4.19. The zero-order valence-corrected chi connectivity index (χ0v) is 16.9. The zero-order chi connectivity index (χ0) is 22.5. The summed E-state index contributed by atoms with van der Waals surface area (Å²) in [7, 11) is 0. The van der Waals surface area contributed by atoms with Crippen LogP contribution < -0.4 is 10.1 Å². The highest BCUT2D eigenvalue weighted by molar-refractivity contribution is 6.02. The molecule has 0 radical (unpaired) electrons. The second kappa shape index (κ2) is 12.8. The van der Waals surface area contributed by atoms with Crippen molar-refractivity contribution in [1.82, 2.24) is 5.32 Å². The number of hydrogen-bond donors (Lipinski definition) is 3. The van der Waals surface area contributed by atoms with Gasteiger partial charge in [0.2, 0.25) is 0 Å². The molecule has 0 bridgehead atoms. The Balaban J connectivity index is 2.06. The maximum absolute atomic E-state index is 12.3. The molecule has 0 aliphatic rings. The third kappa shape index (κ3) is 8.71. The average Bonchev–Trinajstić information content (AvgIpc) is 2.77. The summed E-state index contributed by atoms with van der Waals surface area (Å²) in [5.41, 5.74) is 0.981. The lowest BCUT2D eigenvalue weighted by Gasteiger charge is -2.19. The summed E-state index contributed by atoms with van der Waals surface area (Å²) in [5, 5.41) is 19.8. The highest BCUT2D eigenvalue weighted by Crippen LogP contribution is 2.27. The number of aliphatic hydroxyl groups excluding tert-OH is 1. The predicted octanol–water partition coefficient (Wildman–Crippen LogP) is 3.48. The molecule has 0 heterocycles. The van der Waals surface area contributed by atoms with Crippen LogP contribution in [-0.2, 0) is 9.53 Å². The van der Waals surface area contributed by atoms with Gasteiger partial charge in [0, 0.05) is 11.6 Å². The van der Waals surface area contributed by atoms with Crippen LogP contribution in [0, 0.1) is 0 Å². The van der Waals surface area contributed by atoms with E-state index in [0.29, 0.717) is 36.1 Å². The Labute approximate surface area is 180 Å². The quantitative estimate of drug-likeness (QED) is 0.371. The summed E-state index contributed by atoms with van der Waals surface area (Å²) >= 11 is 0. The molecular weight excluding hydrogens is 402 g/mol. The lowest BCUT2D eigenvalue weighted by atomic mass is 10.0. The number of carboxylic acids is 1. The molecule has 31 heavy (non-hydrogen) atoms. The van der Waals surface area contributed by atoms with Crippen LogP contribution in [0.5, 0.6) is 5.75 Å². The molecule has 0 aromatic heterocycles. The van der Waals surface area contributed by atoms with Crippen LogP contribution in [0.15, 0.2) is 66.7 Å². The topological polar surface area (TPSA) is 122 Å². The molecule has 2 amide bonds. The number of imide groups is 1. The maximum atomic E-state index is 12.3. The second-order valence-corrected chi connectivity index (χ2v) is 6.53. The van der Waals surface area contributed by atoms with Gasteiger partial charge in [-0.25, -0.2) is 9.59 Å². The number of carbonyl (C=O) groups is 3. The lowest BCUT2D eigenvalue weighted by molar-refractivity contribution is -0.131. The summed E-state index contributed by atoms with van der Waals surface area (Å²) in [5.74, 6) is -1.10. The molecule has 0 aliphatic carbocycles. The standard InChI is InChI=1S/C23H25NO7/c25-14-15-30-19-11-7-10-18(16-19)20(12-5-2-6-13-21(26)27)31-23(29)24-22(28)17-8-3-1-4-9-17/h1,3-4,6-11,13,16,20,25H,2,5,12,14-15H2,(H,26,27)(H,24,28,29)/b13-6+/t20-/m1/s1. The summed E-state index contributed by atoms with van der Waals surface area (Å²) in [6.07, 6.45) is 2.46. The molecule has 8 heteroatoms. The molecule has 0 aliphatic heterocycles. The molecule has 1 atom stereocenters. The Morgan fingerprint density at radius 1 is 1.06 bits per heavy atom. The minimum atomic E-state index is -1.03. The minimum Gasteiger partial charge on any atom is -0.491 e. The van der Waals surface area contributed by atoms with Gasteiger partial charge in [-0.1, -0.05) is 36.4 Å². The number of ether oxygens (including phenoxy) is 2. The van der Waals surface area contributed by atoms with Gasteiger partial charge in [-0.05, 0) is 49.1 Å². The molecule has 2 rings (SSSR count). The molecule has 164 valence electrons. The zero-order valence-electron chi connectivity index (χ0n) is 16.9. The Morgan fingerprint density at radius 2 is 1.84 bits per heavy atom. The molecule has 0 spiro atoms. The summed E-state index contributed by atoms with van der Waals surface area (Å²) in [6.45, 7) is -0.00883. The Hall–Kier alpha value is -3.65. The average molecular weight is 427 g/mol. The van der Waals surface area contributed by atoms with E-state index in [4.69, 9.17) is 19.7 Å². The van der Waals surface area contributed by atoms with Crippen molar-refractivity contribution < 1.29 is 34.1 Å². The minimum absolute atomic E-state index is 0.126. The normalized spacial score (nSPS) is 11.6. The first kappa shape index (κ1) is 23.6. The van der Waals surface area contributed by atoms with Gasteiger partial charge in [-0.2, -0.15) is 0 Å². The lowest BCUT2D eigenvalue weighted by Crippen LogP contribution is -2.32. The van der Waals surface area contributed by atoms with Gasteiger partial charge in [0.1, 0.15) is 18.5 Å². The highest BCUT2D eigenvalue weighted by atomic mass is 16.6. The van der Waals surface area contributed by atoms with Crippen LogP contribution in [0.25, 0.3) is 0 Å². The Kier molecular flexibility index (Phi) is 9.77. The first-order valence-corrected chi connectivity index (χ1v) is 9.79. The largest absolute Gasteiger partial charge is 0.491 e. The van der Waals surface area contributed by atoms with Gasteiger partial charge in [0.05, 0.1) is 6.61 Å². The number of allylic oxidation sites excluding steroid dienone is 1. The van der Waals surface area contributed by atoms with E-state index in [1.165, 1.54) is 6.08 Å². The van der Waals surface area contributed by atoms with Gasteiger partial charge in [0.15, 0.2) is 0 Å². The molecule has 2 aromatic carbocycles. The summed E-state index contributed by atoms with van der Waals surface area (Å²) in [6, 6.07) is 15.2. The fourth-order valence-electron chi connectivity index (χ4n) is 2.78. The van der Waals surface area contributed by atoms with Crippen LogP contribution >= 0.6 is 0 Å². The molecule has 0 saturated carbocycles. The first-order chi connectivity index (χ1) is 15.0. The number of nitrogens with one attached hydrogen (secondary N) is 1. The maximum Gasteiger partial charge on any atom is 0.414 e. The van der Waals surface area contributed by atoms with E-state index in [9.17, 15) is 14.4 Å². The number of aliphatic hydroxyl groups is 1. The van der Waals surface area contributed by atoms with Gasteiger partial charge in [-0.15, -0.1) is 0 Å². The van der Waals surface area contributed by atoms with E-state index < -0.39 is 24.1 Å². The van der Waals surface area contributed by atoms with Crippen molar-refractivity contribution in [1.29, 1.82) is 0 Å². The number of aliphatic carboxylic acids is 1. The number of carboxylic acid groups (broad SMARTS) is 1. The molecule has 0 unspecified atom stereocenters. The monoisotopic (exact) mass is 427 g/mol. The number of alkyl carbamates (subject to hydrolysis) is 1. The number of hydrogen-bond acceptors (Lipinski definition) is 6. The predicted molar refractivity (Wildman–Crippen MR) is 113 cm³/mol. The first-order valence-electron chi connectivity index (χ1n) is 9.79. The molecule has 0 fully saturated rings. The number of benzene rings is 2. The molecule has 8 nitrogen and oxygen atoms in total. The van der Waals surface area contributed by atoms with Crippen molar-refractivity contribution in [2.24, 2.45) is 0 Å². The van der Waals surface area contributed by atoms with Crippen LogP contribution in [-0.4, -0.2) is 41.4 Å². The van der Waals surface area contributed by atoms with Gasteiger partial charge < -0.3 is 19.7 Å². The van der Waals surface area contributed by atoms with Crippen LogP contribution in [0.2, 0.25) is 0 Å². The van der Waals surface area contributed by atoms with Crippen molar-refractivity contribution in [2.45, 2.75) is 25.4 Å². The van der Waals surface area contributed by atoms with E-state index in [0.717, 1.165) is 6.08 Å². The third-order valence-corrected chi connectivity index (χ3v) is 4.19. The number of carbonyl (C=O) groups excluding carboxylic acids is 2. The number of rotatable bonds is 11. The van der Waals surface area contributed by atoms with Crippen LogP contribution in [0.3, 0.4) is 0 Å². The Morgan fingerprint density at radius 3 is 2.55 bits per heavy atom. The summed E-state index contributed by atoms with van der Waals surface area (Å²) in [4.78, 5) is 35.1. The Bertz CT molecular complexity index is 896. The van der Waals surface area contributed by atoms with E-state index in [1.807, 2.05) is 0 Å². The molecule has 3 N–H and O–H groups in total. The molecule has 2 aromatic rings. The second-order valence-electron chi connectivity index (χ2n) is 6.53. The van der Waals surface area contributed by atoms with E-state index in [-0.39, 0.29) is 13.2 Å². The van der Waals surface area contributed by atoms with Crippen molar-refractivity contribution in [2.75, 3.05) is 13.2 Å². The van der Waals surface area contributed by atoms with Gasteiger partial charge in [-0.3, -0.25) is 10.1 Å². The van der Waals surface area contributed by atoms with Crippen LogP contribution in [0.1, 0.15) is 41.3 Å². The smallest absolute Gasteiger partial charge is 0.414 e. The van der Waals surface area contributed by atoms with Crippen molar-refractivity contribution >= 4 is 18.0 Å². The van der Waals surface area contributed by atoms with Crippen LogP contribution in [0.4, 0.5) is 4.79 Å². The van der Waals surface area contributed by atoms with E-state index in [2.05, 4.69) is 5.32 Å². The van der Waals surface area contributed by atoms with E-state index in [1.54, 1.807) is 54.6 Å². The SMILES string of the molecule is O=C(O)/C=C/CCC[C@@H](OC(=O)NC(=O)c1ccccc1)c1cccc(OCCO)c1. The fraction of sp³-hybridized carbons (Fsp3) is 0.261. The van der Waals surface area contributed by atoms with E-state index >= 15 is 0 Å². The molecular formula is C23H25NO7.